The van der Waals surface area contributed by atoms with Crippen LogP contribution >= 0.6 is 11.8 Å². The van der Waals surface area contributed by atoms with Crippen LogP contribution in [0.15, 0.2) is 57.3 Å². The molecule has 184 valence electrons. The second-order valence-electron chi connectivity index (χ2n) is 10.1. The molecule has 0 bridgehead atoms. The molecule has 1 atom stereocenters. The Kier molecular flexibility index (Phi) is 6.39. The number of hydrogen-bond acceptors (Lipinski definition) is 7. The topological polar surface area (TPSA) is 82.3 Å². The van der Waals surface area contributed by atoms with Gasteiger partial charge in [0.1, 0.15) is 32.7 Å². The molecule has 1 spiro atoms. The van der Waals surface area contributed by atoms with E-state index in [1.54, 1.807) is 31.6 Å². The van der Waals surface area contributed by atoms with Crippen molar-refractivity contribution < 1.29 is 8.94 Å². The summed E-state index contributed by atoms with van der Waals surface area (Å²) in [5, 5.41) is 0.640. The predicted octanol–water partition coefficient (Wildman–Crippen LogP) is 4.82. The Bertz CT molecular complexity index is 1250. The Labute approximate surface area is 212 Å². The lowest BCUT2D eigenvalue weighted by Gasteiger charge is -2.39. The summed E-state index contributed by atoms with van der Waals surface area (Å²) in [4.78, 5) is 15.8. The van der Waals surface area contributed by atoms with E-state index in [1.165, 1.54) is 11.8 Å². The molecule has 0 aliphatic carbocycles. The first-order chi connectivity index (χ1) is 16.7. The molecule has 0 radical (unpaired) electrons. The number of pyridine rings is 1. The molecule has 0 saturated carbocycles. The Balaban J connectivity index is 1.30. The van der Waals surface area contributed by atoms with Gasteiger partial charge in [-0.25, -0.2) is 14.4 Å². The molecule has 0 amide bonds. The Hall–Kier alpha value is -2.43. The van der Waals surface area contributed by atoms with Crippen molar-refractivity contribution in [2.45, 2.75) is 61.7 Å². The van der Waals surface area contributed by atoms with Gasteiger partial charge in [0, 0.05) is 37.4 Å². The van der Waals surface area contributed by atoms with Gasteiger partial charge in [-0.05, 0) is 58.7 Å². The quantitative estimate of drug-likeness (QED) is 0.466. The molecule has 5 heterocycles. The maximum atomic E-state index is 14.3. The highest BCUT2D eigenvalue weighted by Gasteiger charge is 2.47. The number of fused-ring (bicyclic) bond motifs is 1. The number of hydrogen-bond donors (Lipinski definition) is 0. The Morgan fingerprint density at radius 2 is 1.91 bits per heavy atom. The van der Waals surface area contributed by atoms with Crippen molar-refractivity contribution >= 4 is 34.7 Å². The minimum absolute atomic E-state index is 0.117. The van der Waals surface area contributed by atoms with Gasteiger partial charge in [0.2, 0.25) is 0 Å². The van der Waals surface area contributed by atoms with E-state index >= 15 is 0 Å². The van der Waals surface area contributed by atoms with Gasteiger partial charge in [0.25, 0.3) is 0 Å². The van der Waals surface area contributed by atoms with E-state index in [9.17, 15) is 8.94 Å². The predicted molar refractivity (Wildman–Crippen MR) is 138 cm³/mol. The third-order valence-electron chi connectivity index (χ3n) is 6.65. The minimum atomic E-state index is -1.31. The highest BCUT2D eigenvalue weighted by molar-refractivity contribution is 7.99. The standard InChI is InChI=1S/C25H29FN6OS2/c1-17-22(26)19(7-10-27-17)34-21-15-28-20(14-29-21)31-12-8-25(9-13-31)16-32-11-5-6-18(32)23(25)30-35(33)24(2,3)4/h5-7,10-11,14-15H,8-9,12-13,16H2,1-4H3/b30-23+/t35-/m1/s1. The van der Waals surface area contributed by atoms with E-state index in [0.717, 1.165) is 49.7 Å². The molecule has 1 fully saturated rings. The molecule has 3 aromatic heterocycles. The maximum Gasteiger partial charge on any atom is 0.158 e. The van der Waals surface area contributed by atoms with Crippen molar-refractivity contribution in [3.05, 3.63) is 60.2 Å². The van der Waals surface area contributed by atoms with Gasteiger partial charge in [0.05, 0.1) is 28.7 Å². The molecule has 5 rings (SSSR count). The second-order valence-corrected chi connectivity index (χ2v) is 13.1. The summed E-state index contributed by atoms with van der Waals surface area (Å²) in [6, 6.07) is 5.76. The van der Waals surface area contributed by atoms with Crippen LogP contribution in [0.5, 0.6) is 0 Å². The largest absolute Gasteiger partial charge is 0.591 e. The summed E-state index contributed by atoms with van der Waals surface area (Å²) in [6.45, 7) is 10.0. The molecular weight excluding hydrogens is 483 g/mol. The van der Waals surface area contributed by atoms with Crippen LogP contribution < -0.4 is 4.90 Å². The van der Waals surface area contributed by atoms with Crippen molar-refractivity contribution in [2.24, 2.45) is 9.81 Å². The first-order valence-electron chi connectivity index (χ1n) is 11.7. The lowest BCUT2D eigenvalue weighted by Crippen LogP contribution is -2.44. The van der Waals surface area contributed by atoms with Gasteiger partial charge < -0.3 is 14.0 Å². The van der Waals surface area contributed by atoms with Crippen molar-refractivity contribution in [1.82, 2.24) is 19.5 Å². The normalized spacial score (nSPS) is 19.4. The molecule has 2 aliphatic heterocycles. The number of rotatable bonds is 4. The van der Waals surface area contributed by atoms with Crippen LogP contribution in [0.2, 0.25) is 0 Å². The van der Waals surface area contributed by atoms with Crippen LogP contribution in [0.1, 0.15) is 45.0 Å². The molecule has 7 nitrogen and oxygen atoms in total. The Morgan fingerprint density at radius 3 is 2.60 bits per heavy atom. The van der Waals surface area contributed by atoms with Crippen molar-refractivity contribution in [1.29, 1.82) is 0 Å². The number of nitrogens with zero attached hydrogens (tertiary/aromatic N) is 6. The summed E-state index contributed by atoms with van der Waals surface area (Å²) in [5.41, 5.74) is 2.31. The number of aromatic nitrogens is 4. The molecule has 2 aliphatic rings. The third-order valence-corrected chi connectivity index (χ3v) is 9.00. The lowest BCUT2D eigenvalue weighted by molar-refractivity contribution is 0.298. The van der Waals surface area contributed by atoms with E-state index in [4.69, 9.17) is 4.40 Å². The monoisotopic (exact) mass is 512 g/mol. The summed E-state index contributed by atoms with van der Waals surface area (Å²) in [6.07, 6.45) is 8.93. The van der Waals surface area contributed by atoms with E-state index in [-0.39, 0.29) is 11.2 Å². The molecule has 10 heteroatoms. The van der Waals surface area contributed by atoms with Gasteiger partial charge in [0.15, 0.2) is 5.82 Å². The third kappa shape index (κ3) is 4.71. The SMILES string of the molecule is Cc1nccc(Sc2cnc(N3CCC4(CC3)Cn3cccc3/C4=N\[S@+]([O-])C(C)(C)C)cn2)c1F. The van der Waals surface area contributed by atoms with E-state index < -0.39 is 16.1 Å². The zero-order chi connectivity index (χ0) is 24.8. The van der Waals surface area contributed by atoms with E-state index in [2.05, 4.69) is 36.7 Å². The fourth-order valence-electron chi connectivity index (χ4n) is 4.60. The number of aryl methyl sites for hydroxylation is 1. The van der Waals surface area contributed by atoms with Crippen LogP contribution in [0.25, 0.3) is 0 Å². The fraction of sp³-hybridized carbons (Fsp3) is 0.440. The smallest absolute Gasteiger partial charge is 0.158 e. The zero-order valence-electron chi connectivity index (χ0n) is 20.4. The first kappa shape index (κ1) is 24.3. The van der Waals surface area contributed by atoms with Gasteiger partial charge in [-0.1, -0.05) is 16.2 Å². The van der Waals surface area contributed by atoms with Crippen LogP contribution in [-0.2, 0) is 17.9 Å². The van der Waals surface area contributed by atoms with Gasteiger partial charge >= 0.3 is 0 Å². The van der Waals surface area contributed by atoms with E-state index in [0.29, 0.717) is 15.6 Å². The zero-order valence-corrected chi connectivity index (χ0v) is 22.0. The molecule has 0 N–H and O–H groups in total. The molecular formula is C25H29FN6OS2. The highest BCUT2D eigenvalue weighted by atomic mass is 32.2. The Morgan fingerprint density at radius 1 is 1.14 bits per heavy atom. The van der Waals surface area contributed by atoms with E-state index in [1.807, 2.05) is 26.8 Å². The number of halogens is 1. The highest BCUT2D eigenvalue weighted by Crippen LogP contribution is 2.44. The summed E-state index contributed by atoms with van der Waals surface area (Å²) >= 11 is -0.0619. The summed E-state index contributed by atoms with van der Waals surface area (Å²) in [5.74, 6) is 0.488. The van der Waals surface area contributed by atoms with Gasteiger partial charge in [-0.15, -0.1) is 0 Å². The fourth-order valence-corrected chi connectivity index (χ4v) is 6.13. The van der Waals surface area contributed by atoms with Gasteiger partial charge in [-0.3, -0.25) is 4.98 Å². The number of anilines is 1. The van der Waals surface area contributed by atoms with Crippen molar-refractivity contribution in [2.75, 3.05) is 18.0 Å². The first-order valence-corrected chi connectivity index (χ1v) is 13.6. The van der Waals surface area contributed by atoms with Crippen molar-refractivity contribution in [3.8, 4) is 0 Å². The average molecular weight is 513 g/mol. The van der Waals surface area contributed by atoms with Crippen LogP contribution in [-0.4, -0.2) is 47.6 Å². The minimum Gasteiger partial charge on any atom is -0.591 e. The summed E-state index contributed by atoms with van der Waals surface area (Å²) < 4.78 is 33.8. The molecule has 0 aromatic carbocycles. The number of piperidine rings is 1. The van der Waals surface area contributed by atoms with Crippen LogP contribution in [0, 0.1) is 18.2 Å². The maximum absolute atomic E-state index is 14.3. The summed E-state index contributed by atoms with van der Waals surface area (Å²) in [7, 11) is 0. The molecule has 3 aromatic rings. The molecule has 1 saturated heterocycles. The van der Waals surface area contributed by atoms with Crippen LogP contribution in [0.4, 0.5) is 10.2 Å². The molecule has 35 heavy (non-hydrogen) atoms. The molecule has 0 unspecified atom stereocenters. The van der Waals surface area contributed by atoms with Gasteiger partial charge in [-0.2, -0.15) is 0 Å². The average Bonchev–Trinajstić information content (AvgIpc) is 3.38. The lowest BCUT2D eigenvalue weighted by atomic mass is 9.75. The second kappa shape index (κ2) is 9.22. The van der Waals surface area contributed by atoms with Crippen molar-refractivity contribution in [3.63, 3.8) is 0 Å². The van der Waals surface area contributed by atoms with Crippen LogP contribution in [0.3, 0.4) is 0 Å².